The van der Waals surface area contributed by atoms with E-state index in [4.69, 9.17) is 4.74 Å². The van der Waals surface area contributed by atoms with Crippen LogP contribution in [0.2, 0.25) is 0 Å². The minimum Gasteiger partial charge on any atom is -0.481 e. The molecule has 0 aromatic carbocycles. The molecule has 3 heterocycles. The molecular weight excluding hydrogens is 424 g/mol. The van der Waals surface area contributed by atoms with Crippen molar-refractivity contribution in [3.05, 3.63) is 12.7 Å². The molecule has 3 fully saturated rings. The fourth-order valence-electron chi connectivity index (χ4n) is 7.05. The summed E-state index contributed by atoms with van der Waals surface area (Å²) < 4.78 is 6.48. The smallest absolute Gasteiger partial charge is 0.310 e. The van der Waals surface area contributed by atoms with Crippen molar-refractivity contribution in [2.75, 3.05) is 19.7 Å². The molecule has 0 radical (unpaired) electrons. The van der Waals surface area contributed by atoms with Gasteiger partial charge in [-0.2, -0.15) is 0 Å². The SMILES string of the molecule is C=CCN(C(=O)C1N(CCO)C(=O)[C@@H]2[C@@H](C(=O)O)[C@]3(C)OC12CC3C)C(C)(C)CC(C)(C)C. The second kappa shape index (κ2) is 8.08. The lowest BCUT2D eigenvalue weighted by atomic mass is 9.62. The average Bonchev–Trinajstić information content (AvgIpc) is 3.15. The number of aliphatic hydroxyl groups is 1. The molecule has 2 bridgehead atoms. The van der Waals surface area contributed by atoms with Gasteiger partial charge < -0.3 is 24.7 Å². The van der Waals surface area contributed by atoms with Crippen LogP contribution in [0.5, 0.6) is 0 Å². The number of aliphatic hydroxyl groups excluding tert-OH is 1. The predicted molar refractivity (Wildman–Crippen MR) is 123 cm³/mol. The highest BCUT2D eigenvalue weighted by Crippen LogP contribution is 2.65. The van der Waals surface area contributed by atoms with Gasteiger partial charge in [0.25, 0.3) is 0 Å². The molecule has 3 unspecified atom stereocenters. The summed E-state index contributed by atoms with van der Waals surface area (Å²) >= 11 is 0. The topological polar surface area (TPSA) is 107 Å². The van der Waals surface area contributed by atoms with Crippen LogP contribution >= 0.6 is 0 Å². The van der Waals surface area contributed by atoms with E-state index in [2.05, 4.69) is 27.4 Å². The summed E-state index contributed by atoms with van der Waals surface area (Å²) in [5, 5.41) is 19.8. The Morgan fingerprint density at radius 2 is 1.91 bits per heavy atom. The highest BCUT2D eigenvalue weighted by molar-refractivity contribution is 5.98. The maximum atomic E-state index is 14.3. The molecule has 33 heavy (non-hydrogen) atoms. The molecule has 1 spiro atoms. The van der Waals surface area contributed by atoms with E-state index in [-0.39, 0.29) is 36.9 Å². The van der Waals surface area contributed by atoms with Gasteiger partial charge in [-0.1, -0.05) is 33.8 Å². The van der Waals surface area contributed by atoms with Crippen molar-refractivity contribution in [3.63, 3.8) is 0 Å². The van der Waals surface area contributed by atoms with Gasteiger partial charge in [0.1, 0.15) is 17.6 Å². The van der Waals surface area contributed by atoms with Crippen LogP contribution < -0.4 is 0 Å². The van der Waals surface area contributed by atoms with Crippen LogP contribution in [0.4, 0.5) is 0 Å². The van der Waals surface area contributed by atoms with Crippen molar-refractivity contribution in [2.24, 2.45) is 23.2 Å². The van der Waals surface area contributed by atoms with E-state index >= 15 is 0 Å². The fourth-order valence-corrected chi connectivity index (χ4v) is 7.05. The van der Waals surface area contributed by atoms with E-state index in [1.807, 2.05) is 20.8 Å². The number of nitrogens with zero attached hydrogens (tertiary/aromatic N) is 2. The summed E-state index contributed by atoms with van der Waals surface area (Å²) in [6, 6.07) is -0.991. The molecule has 0 saturated carbocycles. The van der Waals surface area contributed by atoms with E-state index in [0.29, 0.717) is 12.8 Å². The van der Waals surface area contributed by atoms with Gasteiger partial charge in [-0.25, -0.2) is 0 Å². The lowest BCUT2D eigenvalue weighted by Crippen LogP contribution is -2.61. The van der Waals surface area contributed by atoms with Crippen LogP contribution in [0.3, 0.4) is 0 Å². The number of hydrogen-bond acceptors (Lipinski definition) is 5. The number of rotatable bonds is 8. The standard InChI is InChI=1S/C25H40N2O6/c1-9-10-27(23(6,7)14-22(3,4)5)20(30)18-25-13-15(2)24(8,33-25)17(21(31)32)16(25)19(29)26(18)11-12-28/h9,15-18,28H,1,10-14H2,2-8H3,(H,31,32)/t15?,16-,17-,18?,24+,25?/m0/s1. The van der Waals surface area contributed by atoms with E-state index in [9.17, 15) is 24.6 Å². The van der Waals surface area contributed by atoms with E-state index in [1.165, 1.54) is 4.90 Å². The number of fused-ring (bicyclic) bond motifs is 1. The first-order valence-corrected chi connectivity index (χ1v) is 11.8. The number of carbonyl (C=O) groups is 3. The number of amides is 2. The third kappa shape index (κ3) is 3.79. The van der Waals surface area contributed by atoms with E-state index < -0.39 is 46.5 Å². The summed E-state index contributed by atoms with van der Waals surface area (Å²) in [6.45, 7) is 17.8. The Balaban J connectivity index is 2.12. The molecule has 2 N–H and O–H groups in total. The molecule has 0 aliphatic carbocycles. The molecular formula is C25H40N2O6. The van der Waals surface area contributed by atoms with E-state index in [0.717, 1.165) is 0 Å². The van der Waals surface area contributed by atoms with Crippen molar-refractivity contribution in [1.82, 2.24) is 9.80 Å². The molecule has 6 atom stereocenters. The molecule has 0 aromatic rings. The minimum absolute atomic E-state index is 0.0457. The second-order valence-corrected chi connectivity index (χ2v) is 12.1. The summed E-state index contributed by atoms with van der Waals surface area (Å²) in [5.74, 6) is -3.91. The number of carbonyl (C=O) groups excluding carboxylic acids is 2. The Bertz CT molecular complexity index is 848. The highest BCUT2D eigenvalue weighted by Gasteiger charge is 2.80. The van der Waals surface area contributed by atoms with Crippen LogP contribution in [0.1, 0.15) is 61.3 Å². The number of β-amino-alcohol motifs (C(OH)–C–C–N with tert-alkyl or cyclic N) is 1. The Hall–Kier alpha value is -1.93. The van der Waals surface area contributed by atoms with E-state index in [1.54, 1.807) is 17.9 Å². The summed E-state index contributed by atoms with van der Waals surface area (Å²) in [6.07, 6.45) is 2.80. The zero-order chi connectivity index (χ0) is 25.1. The van der Waals surface area contributed by atoms with Crippen LogP contribution in [-0.2, 0) is 19.1 Å². The minimum atomic E-state index is -1.22. The first kappa shape index (κ1) is 25.7. The Morgan fingerprint density at radius 1 is 1.30 bits per heavy atom. The van der Waals surface area contributed by atoms with Gasteiger partial charge in [0, 0.05) is 18.6 Å². The zero-order valence-electron chi connectivity index (χ0n) is 21.1. The fraction of sp³-hybridized carbons (Fsp3) is 0.800. The normalized spacial score (nSPS) is 35.6. The molecule has 8 heteroatoms. The Kier molecular flexibility index (Phi) is 6.29. The average molecular weight is 465 g/mol. The van der Waals surface area contributed by atoms with Gasteiger partial charge in [-0.05, 0) is 44.9 Å². The molecule has 186 valence electrons. The highest BCUT2D eigenvalue weighted by atomic mass is 16.5. The Labute approximate surface area is 196 Å². The van der Waals surface area contributed by atoms with Crippen molar-refractivity contribution in [2.45, 2.75) is 84.1 Å². The lowest BCUT2D eigenvalue weighted by molar-refractivity contribution is -0.160. The molecule has 3 aliphatic heterocycles. The summed E-state index contributed by atoms with van der Waals surface area (Å²) in [4.78, 5) is 43.3. The van der Waals surface area contributed by atoms with Gasteiger partial charge in [0.15, 0.2) is 0 Å². The van der Waals surface area contributed by atoms with Crippen LogP contribution in [-0.4, -0.2) is 80.3 Å². The molecule has 3 aliphatic rings. The quantitative estimate of drug-likeness (QED) is 0.534. The number of ether oxygens (including phenoxy) is 1. The molecule has 0 aromatic heterocycles. The summed E-state index contributed by atoms with van der Waals surface area (Å²) in [7, 11) is 0. The first-order chi connectivity index (χ1) is 15.1. The largest absolute Gasteiger partial charge is 0.481 e. The molecule has 8 nitrogen and oxygen atoms in total. The van der Waals surface area contributed by atoms with Gasteiger partial charge in [0.2, 0.25) is 11.8 Å². The van der Waals surface area contributed by atoms with Gasteiger partial charge in [-0.15, -0.1) is 6.58 Å². The number of carboxylic acid groups (broad SMARTS) is 1. The van der Waals surface area contributed by atoms with Gasteiger partial charge >= 0.3 is 5.97 Å². The number of carboxylic acids is 1. The lowest BCUT2D eigenvalue weighted by Gasteiger charge is -2.45. The van der Waals surface area contributed by atoms with Crippen LogP contribution in [0, 0.1) is 23.2 Å². The molecule has 3 saturated heterocycles. The van der Waals surface area contributed by atoms with Crippen molar-refractivity contribution in [1.29, 1.82) is 0 Å². The number of likely N-dealkylation sites (tertiary alicyclic amines) is 1. The monoisotopic (exact) mass is 464 g/mol. The molecule has 2 amide bonds. The Morgan fingerprint density at radius 3 is 2.39 bits per heavy atom. The number of aliphatic carboxylic acids is 1. The molecule has 3 rings (SSSR count). The van der Waals surface area contributed by atoms with Gasteiger partial charge in [0.05, 0.1) is 18.1 Å². The van der Waals surface area contributed by atoms with Crippen molar-refractivity contribution in [3.8, 4) is 0 Å². The predicted octanol–water partition coefficient (Wildman–Crippen LogP) is 2.30. The summed E-state index contributed by atoms with van der Waals surface area (Å²) in [5.41, 5.74) is -2.86. The van der Waals surface area contributed by atoms with Crippen LogP contribution in [0.25, 0.3) is 0 Å². The third-order valence-electron chi connectivity index (χ3n) is 7.93. The third-order valence-corrected chi connectivity index (χ3v) is 7.93. The number of hydrogen-bond donors (Lipinski definition) is 2. The van der Waals surface area contributed by atoms with Gasteiger partial charge in [-0.3, -0.25) is 14.4 Å². The van der Waals surface area contributed by atoms with Crippen molar-refractivity contribution >= 4 is 17.8 Å². The van der Waals surface area contributed by atoms with Crippen molar-refractivity contribution < 1.29 is 29.3 Å². The second-order valence-electron chi connectivity index (χ2n) is 12.1. The maximum absolute atomic E-state index is 14.3. The van der Waals surface area contributed by atoms with Crippen LogP contribution in [0.15, 0.2) is 12.7 Å². The maximum Gasteiger partial charge on any atom is 0.310 e. The zero-order valence-corrected chi connectivity index (χ0v) is 21.1. The first-order valence-electron chi connectivity index (χ1n) is 11.8.